The van der Waals surface area contributed by atoms with Crippen LogP contribution >= 0.6 is 0 Å². The Labute approximate surface area is 154 Å². The highest BCUT2D eigenvalue weighted by atomic mass is 16.5. The van der Waals surface area contributed by atoms with Gasteiger partial charge < -0.3 is 14.8 Å². The van der Waals surface area contributed by atoms with Crippen LogP contribution in [0, 0.1) is 0 Å². The third-order valence-electron chi connectivity index (χ3n) is 4.53. The highest BCUT2D eigenvalue weighted by Crippen LogP contribution is 2.38. The molecule has 1 aliphatic rings. The van der Waals surface area contributed by atoms with E-state index in [-0.39, 0.29) is 11.9 Å². The van der Waals surface area contributed by atoms with Crippen LogP contribution in [0.1, 0.15) is 24.8 Å². The van der Waals surface area contributed by atoms with Crippen molar-refractivity contribution in [2.75, 3.05) is 19.5 Å². The Kier molecular flexibility index (Phi) is 5.42. The van der Waals surface area contributed by atoms with Crippen LogP contribution in [0.4, 0.5) is 5.69 Å². The molecule has 4 nitrogen and oxygen atoms in total. The maximum absolute atomic E-state index is 12.6. The van der Waals surface area contributed by atoms with E-state index < -0.39 is 0 Å². The summed E-state index contributed by atoms with van der Waals surface area (Å²) in [5.41, 5.74) is 4.64. The van der Waals surface area contributed by atoms with Gasteiger partial charge in [0.2, 0.25) is 0 Å². The molecular weight excluding hydrogens is 326 g/mol. The van der Waals surface area contributed by atoms with E-state index in [1.807, 2.05) is 48.5 Å². The number of carbonyl (C=O) groups is 1. The zero-order valence-corrected chi connectivity index (χ0v) is 15.3. The van der Waals surface area contributed by atoms with Crippen molar-refractivity contribution in [2.45, 2.75) is 19.3 Å². The Balaban J connectivity index is 2.03. The second-order valence-corrected chi connectivity index (χ2v) is 6.33. The molecule has 0 spiro atoms. The minimum Gasteiger partial charge on any atom is -0.497 e. The number of anilines is 1. The zero-order chi connectivity index (χ0) is 18.5. The molecule has 134 valence electrons. The summed E-state index contributed by atoms with van der Waals surface area (Å²) in [6.45, 7) is 2.08. The molecule has 1 N–H and O–H groups in total. The van der Waals surface area contributed by atoms with Crippen LogP contribution in [-0.2, 0) is 9.53 Å². The lowest BCUT2D eigenvalue weighted by Crippen LogP contribution is -2.21. The zero-order valence-electron chi connectivity index (χ0n) is 15.3. The molecule has 1 atom stereocenters. The average molecular weight is 349 g/mol. The summed E-state index contributed by atoms with van der Waals surface area (Å²) in [5, 5.41) is 3.37. The third-order valence-corrected chi connectivity index (χ3v) is 4.53. The average Bonchev–Trinajstić information content (AvgIpc) is 2.68. The van der Waals surface area contributed by atoms with Crippen LogP contribution in [0.5, 0.6) is 5.75 Å². The fourth-order valence-electron chi connectivity index (χ4n) is 3.26. The number of benzene rings is 2. The topological polar surface area (TPSA) is 47.6 Å². The fourth-order valence-corrected chi connectivity index (χ4v) is 3.26. The van der Waals surface area contributed by atoms with E-state index in [2.05, 4.69) is 24.4 Å². The highest BCUT2D eigenvalue weighted by molar-refractivity contribution is 5.93. The summed E-state index contributed by atoms with van der Waals surface area (Å²) < 4.78 is 10.3. The Morgan fingerprint density at radius 3 is 2.35 bits per heavy atom. The first-order chi connectivity index (χ1) is 12.6. The van der Waals surface area contributed by atoms with Crippen molar-refractivity contribution in [1.29, 1.82) is 0 Å². The van der Waals surface area contributed by atoms with Gasteiger partial charge in [-0.3, -0.25) is 0 Å². The van der Waals surface area contributed by atoms with Crippen molar-refractivity contribution in [3.8, 4) is 5.75 Å². The molecular formula is C22H23NO3. The molecule has 1 unspecified atom stereocenters. The number of hydrogen-bond acceptors (Lipinski definition) is 4. The maximum atomic E-state index is 12.6. The predicted molar refractivity (Wildman–Crippen MR) is 103 cm³/mol. The third kappa shape index (κ3) is 3.80. The molecule has 0 amide bonds. The second kappa shape index (κ2) is 7.91. The number of esters is 1. The van der Waals surface area contributed by atoms with Gasteiger partial charge in [-0.1, -0.05) is 35.9 Å². The molecule has 4 heteroatoms. The van der Waals surface area contributed by atoms with E-state index in [4.69, 9.17) is 9.47 Å². The van der Waals surface area contributed by atoms with E-state index in [0.29, 0.717) is 5.57 Å². The summed E-state index contributed by atoms with van der Waals surface area (Å²) >= 11 is 0. The van der Waals surface area contributed by atoms with Crippen molar-refractivity contribution in [3.63, 3.8) is 0 Å². The van der Waals surface area contributed by atoms with E-state index in [0.717, 1.165) is 29.1 Å². The molecule has 0 aromatic heterocycles. The summed E-state index contributed by atoms with van der Waals surface area (Å²) in [6.07, 6.45) is 2.82. The molecule has 0 saturated carbocycles. The van der Waals surface area contributed by atoms with E-state index >= 15 is 0 Å². The maximum Gasteiger partial charge on any atom is 0.336 e. The van der Waals surface area contributed by atoms with Crippen molar-refractivity contribution < 1.29 is 14.3 Å². The molecule has 0 bridgehead atoms. The molecule has 3 rings (SSSR count). The normalized spacial score (nSPS) is 16.7. The smallest absolute Gasteiger partial charge is 0.336 e. The van der Waals surface area contributed by atoms with Gasteiger partial charge in [-0.05, 0) is 49.2 Å². The summed E-state index contributed by atoms with van der Waals surface area (Å²) in [6, 6.07) is 17.7. The van der Waals surface area contributed by atoms with Crippen LogP contribution in [0.15, 0.2) is 77.5 Å². The first kappa shape index (κ1) is 17.8. The lowest BCUT2D eigenvalue weighted by atomic mass is 9.81. The van der Waals surface area contributed by atoms with Gasteiger partial charge in [-0.25, -0.2) is 4.79 Å². The largest absolute Gasteiger partial charge is 0.497 e. The summed E-state index contributed by atoms with van der Waals surface area (Å²) in [5.74, 6) is 0.447. The van der Waals surface area contributed by atoms with Gasteiger partial charge >= 0.3 is 5.97 Å². The molecule has 2 aromatic carbocycles. The Bertz CT molecular complexity index is 835. The highest BCUT2D eigenvalue weighted by Gasteiger charge is 2.30. The first-order valence-electron chi connectivity index (χ1n) is 8.58. The molecule has 1 aliphatic carbocycles. The number of carbonyl (C=O) groups excluding carboxylic acids is 1. The van der Waals surface area contributed by atoms with E-state index in [9.17, 15) is 4.79 Å². The van der Waals surface area contributed by atoms with Gasteiger partial charge in [0.05, 0.1) is 19.8 Å². The molecule has 0 radical (unpaired) electrons. The molecule has 0 heterocycles. The Hall–Kier alpha value is -3.01. The molecule has 0 saturated heterocycles. The van der Waals surface area contributed by atoms with Gasteiger partial charge in [0.15, 0.2) is 0 Å². The van der Waals surface area contributed by atoms with Crippen molar-refractivity contribution >= 4 is 11.7 Å². The number of allylic oxidation sites excluding steroid dienone is 2. The van der Waals surface area contributed by atoms with Crippen LogP contribution in [0.2, 0.25) is 0 Å². The quantitative estimate of drug-likeness (QED) is 0.797. The minimum absolute atomic E-state index is 0.0330. The molecule has 0 aliphatic heterocycles. The number of nitrogens with one attached hydrogen (secondary N) is 1. The Morgan fingerprint density at radius 1 is 1.04 bits per heavy atom. The second-order valence-electron chi connectivity index (χ2n) is 6.33. The lowest BCUT2D eigenvalue weighted by Gasteiger charge is -2.27. The summed E-state index contributed by atoms with van der Waals surface area (Å²) in [4.78, 5) is 12.6. The van der Waals surface area contributed by atoms with E-state index in [1.54, 1.807) is 7.11 Å². The van der Waals surface area contributed by atoms with Crippen LogP contribution in [0.25, 0.3) is 0 Å². The van der Waals surface area contributed by atoms with Gasteiger partial charge in [-0.15, -0.1) is 0 Å². The van der Waals surface area contributed by atoms with Crippen molar-refractivity contribution in [2.24, 2.45) is 0 Å². The van der Waals surface area contributed by atoms with E-state index in [1.165, 1.54) is 12.7 Å². The lowest BCUT2D eigenvalue weighted by molar-refractivity contribution is -0.136. The van der Waals surface area contributed by atoms with Crippen molar-refractivity contribution in [3.05, 3.63) is 83.1 Å². The number of rotatable bonds is 5. The predicted octanol–water partition coefficient (Wildman–Crippen LogP) is 4.67. The van der Waals surface area contributed by atoms with Gasteiger partial charge in [0.1, 0.15) is 5.75 Å². The fraction of sp³-hybridized carbons (Fsp3) is 0.227. The number of hydrogen-bond donors (Lipinski definition) is 1. The van der Waals surface area contributed by atoms with Crippen LogP contribution in [-0.4, -0.2) is 20.2 Å². The SMILES string of the molecule is COC(=O)C1=C(Nc2ccc(OC)cc2)C=C(C)CC1c1ccccc1. The van der Waals surface area contributed by atoms with Gasteiger partial charge in [0.25, 0.3) is 0 Å². The van der Waals surface area contributed by atoms with Crippen molar-refractivity contribution in [1.82, 2.24) is 0 Å². The minimum atomic E-state index is -0.307. The van der Waals surface area contributed by atoms with Crippen LogP contribution < -0.4 is 10.1 Å². The first-order valence-corrected chi connectivity index (χ1v) is 8.58. The molecule has 2 aromatic rings. The Morgan fingerprint density at radius 2 is 1.73 bits per heavy atom. The number of methoxy groups -OCH3 is 2. The summed E-state index contributed by atoms with van der Waals surface area (Å²) in [7, 11) is 3.06. The molecule has 0 fully saturated rings. The van der Waals surface area contributed by atoms with Gasteiger partial charge in [-0.2, -0.15) is 0 Å². The number of ether oxygens (including phenoxy) is 2. The van der Waals surface area contributed by atoms with Crippen LogP contribution in [0.3, 0.4) is 0 Å². The van der Waals surface area contributed by atoms with Gasteiger partial charge in [0, 0.05) is 17.3 Å². The monoisotopic (exact) mass is 349 g/mol. The standard InChI is InChI=1S/C22H23NO3/c1-15-13-19(16-7-5-4-6-8-16)21(22(24)26-3)20(14-15)23-17-9-11-18(25-2)12-10-17/h4-12,14,19,23H,13H2,1-3H3. The molecule has 26 heavy (non-hydrogen) atoms.